The van der Waals surface area contributed by atoms with Crippen LogP contribution in [-0.2, 0) is 26.5 Å². The van der Waals surface area contributed by atoms with Gasteiger partial charge in [-0.2, -0.15) is 0 Å². The largest absolute Gasteiger partial charge is 0.465 e. The van der Waals surface area contributed by atoms with Crippen LogP contribution in [0.5, 0.6) is 0 Å². The maximum atomic E-state index is 12.6. The Bertz CT molecular complexity index is 1060. The van der Waals surface area contributed by atoms with E-state index in [1.807, 2.05) is 0 Å². The fraction of sp³-hybridized carbons (Fsp3) is 0.385. The number of methoxy groups -OCH3 is 1. The van der Waals surface area contributed by atoms with Gasteiger partial charge in [-0.25, -0.2) is 27.5 Å². The Hall–Kier alpha value is -2.51. The van der Waals surface area contributed by atoms with Gasteiger partial charge in [0, 0.05) is 17.3 Å². The molecule has 2 aromatic heterocycles. The SMILES string of the molecule is COC(=O)c1csc(C)c1S(=O)(=O)NC(=O)n1nc(C2CO2)n(C)c1=O. The number of aromatic nitrogens is 3. The van der Waals surface area contributed by atoms with E-state index >= 15 is 0 Å². The number of carbonyl (C=O) groups excluding carboxylic acids is 2. The standard InChI is InChI=1S/C13H14N4O7S2/c1-6-9(7(5-25-6)11(18)23-3)26(21,22)15-12(19)17-13(20)16(2)10(14-17)8-4-24-8/h5,8H,4H2,1-3H3,(H,15,19). The summed E-state index contributed by atoms with van der Waals surface area (Å²) < 4.78 is 38.0. The van der Waals surface area contributed by atoms with E-state index in [-0.39, 0.29) is 21.2 Å². The summed E-state index contributed by atoms with van der Waals surface area (Å²) in [7, 11) is -1.93. The van der Waals surface area contributed by atoms with Crippen LogP contribution in [0.15, 0.2) is 15.1 Å². The minimum atomic E-state index is -4.44. The molecule has 140 valence electrons. The van der Waals surface area contributed by atoms with Crippen molar-refractivity contribution in [1.29, 1.82) is 0 Å². The predicted molar refractivity (Wildman–Crippen MR) is 87.7 cm³/mol. The topological polar surface area (TPSA) is 142 Å². The number of rotatable bonds is 4. The average molecular weight is 402 g/mol. The second-order valence-electron chi connectivity index (χ2n) is 5.37. The molecule has 3 heterocycles. The van der Waals surface area contributed by atoms with Gasteiger partial charge < -0.3 is 9.47 Å². The monoisotopic (exact) mass is 402 g/mol. The van der Waals surface area contributed by atoms with Crippen LogP contribution in [0, 0.1) is 6.92 Å². The molecule has 1 N–H and O–H groups in total. The summed E-state index contributed by atoms with van der Waals surface area (Å²) in [5.41, 5.74) is -1.02. The first kappa shape index (κ1) is 18.3. The predicted octanol–water partition coefficient (Wildman–Crippen LogP) is -0.244. The smallest absolute Gasteiger partial charge is 0.360 e. The van der Waals surface area contributed by atoms with Crippen LogP contribution in [0.2, 0.25) is 0 Å². The average Bonchev–Trinajstić information content (AvgIpc) is 3.27. The molecule has 26 heavy (non-hydrogen) atoms. The number of sulfonamides is 1. The molecule has 0 aromatic carbocycles. The fourth-order valence-electron chi connectivity index (χ4n) is 2.30. The molecule has 0 bridgehead atoms. The van der Waals surface area contributed by atoms with Gasteiger partial charge in [0.2, 0.25) is 0 Å². The zero-order valence-corrected chi connectivity index (χ0v) is 15.5. The summed E-state index contributed by atoms with van der Waals surface area (Å²) in [4.78, 5) is 36.1. The Kier molecular flexibility index (Phi) is 4.46. The van der Waals surface area contributed by atoms with E-state index in [4.69, 9.17) is 4.74 Å². The first-order chi connectivity index (χ1) is 12.2. The van der Waals surface area contributed by atoms with Gasteiger partial charge in [-0.3, -0.25) is 4.57 Å². The molecule has 0 radical (unpaired) electrons. The maximum absolute atomic E-state index is 12.6. The highest BCUT2D eigenvalue weighted by Crippen LogP contribution is 2.28. The molecular formula is C13H14N4O7S2. The lowest BCUT2D eigenvalue weighted by Crippen LogP contribution is -2.40. The molecule has 1 atom stereocenters. The maximum Gasteiger partial charge on any atom is 0.360 e. The summed E-state index contributed by atoms with van der Waals surface area (Å²) in [5, 5.41) is 5.12. The third-order valence-electron chi connectivity index (χ3n) is 3.64. The van der Waals surface area contributed by atoms with Crippen LogP contribution in [0.3, 0.4) is 0 Å². The van der Waals surface area contributed by atoms with Crippen LogP contribution in [0.1, 0.15) is 27.2 Å². The second-order valence-corrected chi connectivity index (χ2v) is 8.07. The number of hydrogen-bond donors (Lipinski definition) is 1. The van der Waals surface area contributed by atoms with E-state index in [2.05, 4.69) is 9.84 Å². The zero-order chi connectivity index (χ0) is 19.2. The van der Waals surface area contributed by atoms with E-state index < -0.39 is 33.8 Å². The molecule has 2 aromatic rings. The molecule has 1 aliphatic heterocycles. The van der Waals surface area contributed by atoms with Gasteiger partial charge in [0.05, 0.1) is 19.3 Å². The molecule has 1 unspecified atom stereocenters. The van der Waals surface area contributed by atoms with Crippen LogP contribution < -0.4 is 10.4 Å². The van der Waals surface area contributed by atoms with Crippen LogP contribution in [0.25, 0.3) is 0 Å². The lowest BCUT2D eigenvalue weighted by Gasteiger charge is -2.07. The molecule has 1 amide bonds. The van der Waals surface area contributed by atoms with Crippen molar-refractivity contribution in [3.8, 4) is 0 Å². The third kappa shape index (κ3) is 3.04. The Morgan fingerprint density at radius 2 is 2.12 bits per heavy atom. The van der Waals surface area contributed by atoms with E-state index in [0.29, 0.717) is 11.3 Å². The summed E-state index contributed by atoms with van der Waals surface area (Å²) in [6.45, 7) is 1.84. The molecule has 0 saturated carbocycles. The molecule has 1 aliphatic rings. The van der Waals surface area contributed by atoms with Gasteiger partial charge in [-0.05, 0) is 6.92 Å². The number of esters is 1. The van der Waals surface area contributed by atoms with Gasteiger partial charge >= 0.3 is 17.7 Å². The number of nitrogens with zero attached hydrogens (tertiary/aromatic N) is 3. The van der Waals surface area contributed by atoms with Crippen molar-refractivity contribution in [1.82, 2.24) is 19.1 Å². The number of aryl methyl sites for hydroxylation is 1. The molecule has 0 aliphatic carbocycles. The van der Waals surface area contributed by atoms with E-state index in [9.17, 15) is 22.8 Å². The first-order valence-corrected chi connectivity index (χ1v) is 9.54. The molecule has 1 saturated heterocycles. The van der Waals surface area contributed by atoms with Crippen molar-refractivity contribution >= 4 is 33.4 Å². The summed E-state index contributed by atoms with van der Waals surface area (Å²) in [6, 6.07) is -1.26. The van der Waals surface area contributed by atoms with Crippen LogP contribution in [0.4, 0.5) is 4.79 Å². The number of epoxide rings is 1. The summed E-state index contributed by atoms with van der Waals surface area (Å²) in [6.07, 6.45) is -0.400. The van der Waals surface area contributed by atoms with Gasteiger partial charge in [-0.15, -0.1) is 21.1 Å². The van der Waals surface area contributed by atoms with Crippen molar-refractivity contribution in [3.63, 3.8) is 0 Å². The molecule has 11 nitrogen and oxygen atoms in total. The van der Waals surface area contributed by atoms with E-state index in [0.717, 1.165) is 23.0 Å². The number of ether oxygens (including phenoxy) is 2. The third-order valence-corrected chi connectivity index (χ3v) is 6.19. The molecular weight excluding hydrogens is 388 g/mol. The molecule has 3 rings (SSSR count). The van der Waals surface area contributed by atoms with Gasteiger partial charge in [-0.1, -0.05) is 0 Å². The summed E-state index contributed by atoms with van der Waals surface area (Å²) in [5.74, 6) is -0.644. The number of carbonyl (C=O) groups is 2. The Morgan fingerprint density at radius 1 is 1.46 bits per heavy atom. The van der Waals surface area contributed by atoms with E-state index in [1.165, 1.54) is 19.4 Å². The van der Waals surface area contributed by atoms with Crippen molar-refractivity contribution in [2.45, 2.75) is 17.9 Å². The molecule has 1 fully saturated rings. The minimum absolute atomic E-state index is 0.198. The summed E-state index contributed by atoms with van der Waals surface area (Å²) >= 11 is 1.01. The lowest BCUT2D eigenvalue weighted by molar-refractivity contribution is 0.0597. The Labute approximate surface area is 151 Å². The van der Waals surface area contributed by atoms with Gasteiger partial charge in [0.25, 0.3) is 10.0 Å². The van der Waals surface area contributed by atoms with Crippen molar-refractivity contribution in [2.24, 2.45) is 7.05 Å². The molecule has 13 heteroatoms. The van der Waals surface area contributed by atoms with Gasteiger partial charge in [0.1, 0.15) is 11.0 Å². The Balaban J connectivity index is 1.95. The van der Waals surface area contributed by atoms with Gasteiger partial charge in [0.15, 0.2) is 5.82 Å². The second kappa shape index (κ2) is 6.34. The molecule has 0 spiro atoms. The van der Waals surface area contributed by atoms with Crippen molar-refractivity contribution in [2.75, 3.05) is 13.7 Å². The van der Waals surface area contributed by atoms with Crippen molar-refractivity contribution < 1.29 is 27.5 Å². The highest BCUT2D eigenvalue weighted by atomic mass is 32.2. The minimum Gasteiger partial charge on any atom is -0.465 e. The normalized spacial score (nSPS) is 16.3. The van der Waals surface area contributed by atoms with Crippen LogP contribution >= 0.6 is 11.3 Å². The highest BCUT2D eigenvalue weighted by Gasteiger charge is 2.34. The number of amides is 1. The number of nitrogens with one attached hydrogen (secondary N) is 1. The van der Waals surface area contributed by atoms with Crippen LogP contribution in [-0.4, -0.2) is 48.5 Å². The fourth-order valence-corrected chi connectivity index (χ4v) is 4.80. The quantitative estimate of drug-likeness (QED) is 0.545. The van der Waals surface area contributed by atoms with E-state index in [1.54, 1.807) is 4.72 Å². The lowest BCUT2D eigenvalue weighted by atomic mass is 10.3. The van der Waals surface area contributed by atoms with Crippen molar-refractivity contribution in [3.05, 3.63) is 32.1 Å². The first-order valence-electron chi connectivity index (χ1n) is 7.18. The highest BCUT2D eigenvalue weighted by molar-refractivity contribution is 7.90. The number of thiophene rings is 1. The zero-order valence-electron chi connectivity index (χ0n) is 13.9. The Morgan fingerprint density at radius 3 is 2.69 bits per heavy atom. The number of hydrogen-bond acceptors (Lipinski definition) is 9.